The molecule has 0 saturated carbocycles. The molecule has 150 valence electrons. The van der Waals surface area contributed by atoms with Gasteiger partial charge in [0, 0.05) is 25.1 Å². The molecule has 1 aromatic carbocycles. The van der Waals surface area contributed by atoms with Gasteiger partial charge in [0.15, 0.2) is 0 Å². The molecule has 1 aromatic heterocycles. The highest BCUT2D eigenvalue weighted by Crippen LogP contribution is 2.33. The molecule has 2 aliphatic rings. The van der Waals surface area contributed by atoms with E-state index in [9.17, 15) is 13.2 Å². The Bertz CT molecular complexity index is 969. The molecule has 4 rings (SSSR count). The van der Waals surface area contributed by atoms with Crippen LogP contribution in [0.2, 0.25) is 0 Å². The summed E-state index contributed by atoms with van der Waals surface area (Å²) >= 11 is 1.17. The van der Waals surface area contributed by atoms with Gasteiger partial charge in [-0.05, 0) is 49.7 Å². The van der Waals surface area contributed by atoms with Crippen molar-refractivity contribution in [1.82, 2.24) is 14.5 Å². The molecule has 0 bridgehead atoms. The van der Waals surface area contributed by atoms with Crippen molar-refractivity contribution in [2.24, 2.45) is 0 Å². The summed E-state index contributed by atoms with van der Waals surface area (Å²) in [6.07, 6.45) is 3.28. The lowest BCUT2D eigenvalue weighted by Crippen LogP contribution is -2.35. The zero-order valence-electron chi connectivity index (χ0n) is 15.4. The molecule has 0 N–H and O–H groups in total. The lowest BCUT2D eigenvalue weighted by atomic mass is 10.2. The zero-order valence-corrected chi connectivity index (χ0v) is 17.0. The van der Waals surface area contributed by atoms with Crippen molar-refractivity contribution in [1.29, 1.82) is 0 Å². The molecule has 2 saturated heterocycles. The average molecular weight is 424 g/mol. The van der Waals surface area contributed by atoms with Crippen LogP contribution in [-0.4, -0.2) is 53.3 Å². The number of hydrogen-bond donors (Lipinski definition) is 0. The number of carbonyl (C=O) groups is 1. The molecule has 0 spiro atoms. The summed E-state index contributed by atoms with van der Waals surface area (Å²) in [4.78, 5) is 12.0. The van der Waals surface area contributed by atoms with Gasteiger partial charge in [0.25, 0.3) is 5.22 Å². The Hall–Kier alpha value is -1.91. The van der Waals surface area contributed by atoms with E-state index >= 15 is 0 Å². The van der Waals surface area contributed by atoms with Crippen molar-refractivity contribution in [2.75, 3.05) is 13.1 Å². The van der Waals surface area contributed by atoms with Crippen LogP contribution in [0.15, 0.2) is 38.8 Å². The van der Waals surface area contributed by atoms with Gasteiger partial charge in [0.2, 0.25) is 15.9 Å². The fourth-order valence-corrected chi connectivity index (χ4v) is 5.90. The minimum absolute atomic E-state index is 0.121. The molecule has 2 fully saturated rings. The summed E-state index contributed by atoms with van der Waals surface area (Å²) in [5.41, 5.74) is 0.528. The maximum absolute atomic E-state index is 12.9. The Kier molecular flexibility index (Phi) is 5.44. The van der Waals surface area contributed by atoms with Crippen molar-refractivity contribution in [3.05, 3.63) is 24.3 Å². The van der Waals surface area contributed by atoms with Gasteiger partial charge in [-0.25, -0.2) is 8.42 Å². The number of aromatic nitrogens is 2. The first kappa shape index (κ1) is 19.4. The van der Waals surface area contributed by atoms with Crippen LogP contribution in [0.25, 0.3) is 11.5 Å². The number of esters is 1. The number of benzene rings is 1. The van der Waals surface area contributed by atoms with Gasteiger partial charge >= 0.3 is 5.97 Å². The SMILES string of the molecule is C[C@H]1C[C@@H](Sc2nnc(-c3cccc(S(=O)(=O)N4CCCCC4)c3)o2)C(=O)O1. The number of sulfonamides is 1. The minimum atomic E-state index is -3.54. The topological polar surface area (TPSA) is 103 Å². The highest BCUT2D eigenvalue weighted by atomic mass is 32.2. The smallest absolute Gasteiger partial charge is 0.320 e. The van der Waals surface area contributed by atoms with E-state index in [0.29, 0.717) is 25.1 Å². The largest absolute Gasteiger partial charge is 0.462 e. The number of cyclic esters (lactones) is 1. The lowest BCUT2D eigenvalue weighted by molar-refractivity contribution is -0.140. The molecular formula is C18H21N3O5S2. The second-order valence-corrected chi connectivity index (χ2v) is 10.0. The number of rotatable bonds is 5. The number of hydrogen-bond acceptors (Lipinski definition) is 8. The van der Waals surface area contributed by atoms with E-state index in [-0.39, 0.29) is 33.3 Å². The number of piperidine rings is 1. The maximum Gasteiger partial charge on any atom is 0.320 e. The van der Waals surface area contributed by atoms with Crippen LogP contribution in [-0.2, 0) is 19.6 Å². The average Bonchev–Trinajstić information content (AvgIpc) is 3.29. The number of thioether (sulfide) groups is 1. The first-order valence-electron chi connectivity index (χ1n) is 9.25. The number of nitrogens with zero attached hydrogens (tertiary/aromatic N) is 3. The molecule has 10 heteroatoms. The lowest BCUT2D eigenvalue weighted by Gasteiger charge is -2.25. The van der Waals surface area contributed by atoms with E-state index < -0.39 is 10.0 Å². The van der Waals surface area contributed by atoms with Crippen LogP contribution in [0, 0.1) is 0 Å². The maximum atomic E-state index is 12.9. The Labute approximate surface area is 167 Å². The summed E-state index contributed by atoms with van der Waals surface area (Å²) in [6.45, 7) is 2.93. The molecule has 8 nitrogen and oxygen atoms in total. The van der Waals surface area contributed by atoms with E-state index in [1.807, 2.05) is 6.92 Å². The van der Waals surface area contributed by atoms with Gasteiger partial charge in [-0.3, -0.25) is 4.79 Å². The molecule has 2 aliphatic heterocycles. The first-order chi connectivity index (χ1) is 13.4. The Balaban J connectivity index is 1.53. The second-order valence-electron chi connectivity index (χ2n) is 6.96. The van der Waals surface area contributed by atoms with Crippen LogP contribution in [0.4, 0.5) is 0 Å². The van der Waals surface area contributed by atoms with Crippen molar-refractivity contribution in [3.8, 4) is 11.5 Å². The van der Waals surface area contributed by atoms with Gasteiger partial charge in [-0.15, -0.1) is 10.2 Å². The van der Waals surface area contributed by atoms with E-state index in [1.54, 1.807) is 24.3 Å². The normalized spacial score (nSPS) is 23.7. The van der Waals surface area contributed by atoms with E-state index in [1.165, 1.54) is 16.1 Å². The molecule has 3 heterocycles. The van der Waals surface area contributed by atoms with Crippen LogP contribution in [0.1, 0.15) is 32.6 Å². The van der Waals surface area contributed by atoms with Crippen molar-refractivity contribution in [2.45, 2.75) is 54.1 Å². The molecule has 28 heavy (non-hydrogen) atoms. The van der Waals surface area contributed by atoms with Crippen LogP contribution < -0.4 is 0 Å². The second kappa shape index (κ2) is 7.84. The zero-order chi connectivity index (χ0) is 19.7. The van der Waals surface area contributed by atoms with Crippen LogP contribution in [0.5, 0.6) is 0 Å². The van der Waals surface area contributed by atoms with E-state index in [0.717, 1.165) is 19.3 Å². The third-order valence-electron chi connectivity index (χ3n) is 4.81. The third-order valence-corrected chi connectivity index (χ3v) is 7.74. The molecule has 0 radical (unpaired) electrons. The summed E-state index contributed by atoms with van der Waals surface area (Å²) in [5, 5.41) is 7.88. The van der Waals surface area contributed by atoms with Crippen molar-refractivity contribution >= 4 is 27.8 Å². The summed E-state index contributed by atoms with van der Waals surface area (Å²) in [5.74, 6) is -0.0653. The van der Waals surface area contributed by atoms with E-state index in [4.69, 9.17) is 9.15 Å². The fourth-order valence-electron chi connectivity index (χ4n) is 3.36. The predicted octanol–water partition coefficient (Wildman–Crippen LogP) is 2.71. The van der Waals surface area contributed by atoms with Gasteiger partial charge in [-0.1, -0.05) is 12.5 Å². The third kappa shape index (κ3) is 3.94. The predicted molar refractivity (Wildman–Crippen MR) is 102 cm³/mol. The van der Waals surface area contributed by atoms with Gasteiger partial charge in [0.1, 0.15) is 11.4 Å². The monoisotopic (exact) mass is 423 g/mol. The molecule has 0 unspecified atom stereocenters. The number of carbonyl (C=O) groups excluding carboxylic acids is 1. The highest BCUT2D eigenvalue weighted by molar-refractivity contribution is 8.00. The minimum Gasteiger partial charge on any atom is -0.462 e. The van der Waals surface area contributed by atoms with Crippen molar-refractivity contribution in [3.63, 3.8) is 0 Å². The molecule has 0 amide bonds. The molecule has 2 aromatic rings. The highest BCUT2D eigenvalue weighted by Gasteiger charge is 2.34. The molecular weight excluding hydrogens is 402 g/mol. The molecule has 0 aliphatic carbocycles. The number of ether oxygens (including phenoxy) is 1. The Morgan fingerprint density at radius 1 is 1.18 bits per heavy atom. The van der Waals surface area contributed by atoms with Crippen molar-refractivity contribution < 1.29 is 22.4 Å². The van der Waals surface area contributed by atoms with Gasteiger partial charge in [0.05, 0.1) is 4.90 Å². The summed E-state index contributed by atoms with van der Waals surface area (Å²) in [7, 11) is -3.54. The Morgan fingerprint density at radius 2 is 1.96 bits per heavy atom. The quantitative estimate of drug-likeness (QED) is 0.677. The fraction of sp³-hybridized carbons (Fsp3) is 0.500. The van der Waals surface area contributed by atoms with Gasteiger partial charge < -0.3 is 9.15 Å². The van der Waals surface area contributed by atoms with Gasteiger partial charge in [-0.2, -0.15) is 4.31 Å². The van der Waals surface area contributed by atoms with Crippen LogP contribution in [0.3, 0.4) is 0 Å². The van der Waals surface area contributed by atoms with E-state index in [2.05, 4.69) is 10.2 Å². The first-order valence-corrected chi connectivity index (χ1v) is 11.6. The summed E-state index contributed by atoms with van der Waals surface area (Å²) in [6, 6.07) is 6.52. The standard InChI is InChI=1S/C18H21N3O5S2/c1-12-10-15(17(22)25-12)27-18-20-19-16(26-18)13-6-5-7-14(11-13)28(23,24)21-8-3-2-4-9-21/h5-7,11-12,15H,2-4,8-10H2,1H3/t12-,15+/m0/s1. The Morgan fingerprint density at radius 3 is 2.68 bits per heavy atom. The van der Waals surface area contributed by atoms with Crippen LogP contribution >= 0.6 is 11.8 Å². The molecule has 2 atom stereocenters. The summed E-state index contributed by atoms with van der Waals surface area (Å²) < 4.78 is 38.1.